The molecule has 0 radical (unpaired) electrons. The largest absolute Gasteiger partial charge is 0.497 e. The van der Waals surface area contributed by atoms with Gasteiger partial charge in [0, 0.05) is 35.2 Å². The van der Waals surface area contributed by atoms with Crippen LogP contribution >= 0.6 is 0 Å². The Kier molecular flexibility index (Phi) is 4.53. The number of ether oxygens (including phenoxy) is 1. The number of carbonyl (C=O) groups is 3. The zero-order valence-corrected chi connectivity index (χ0v) is 15.3. The Morgan fingerprint density at radius 2 is 1.61 bits per heavy atom. The summed E-state index contributed by atoms with van der Waals surface area (Å²) in [5.41, 5.74) is 1.46. The highest BCUT2D eigenvalue weighted by Gasteiger charge is 2.32. The molecule has 0 unspecified atom stereocenters. The predicted octanol–water partition coefficient (Wildman–Crippen LogP) is 2.87. The van der Waals surface area contributed by atoms with Crippen molar-refractivity contribution in [2.24, 2.45) is 0 Å². The van der Waals surface area contributed by atoms with Crippen molar-refractivity contribution in [1.29, 1.82) is 0 Å². The van der Waals surface area contributed by atoms with Gasteiger partial charge < -0.3 is 10.1 Å². The standard InChI is InChI=1S/C22H18N2O4/c1-28-16-8-2-7-15(13-16)20(25)23-11-12-24-21(26)17-9-3-5-14-6-4-10-18(19(14)17)22(24)27/h2-10,13H,11-12H2,1H3,(H,23,25). The predicted molar refractivity (Wildman–Crippen MR) is 105 cm³/mol. The zero-order chi connectivity index (χ0) is 19.7. The van der Waals surface area contributed by atoms with Crippen molar-refractivity contribution in [3.63, 3.8) is 0 Å². The molecule has 0 saturated heterocycles. The SMILES string of the molecule is COc1cccc(C(=O)NCCN2C(=O)c3cccc4cccc(c34)C2=O)c1. The first-order chi connectivity index (χ1) is 13.6. The molecule has 1 aliphatic heterocycles. The van der Waals surface area contributed by atoms with Crippen molar-refractivity contribution >= 4 is 28.5 Å². The van der Waals surface area contributed by atoms with Gasteiger partial charge >= 0.3 is 0 Å². The van der Waals surface area contributed by atoms with Crippen molar-refractivity contribution < 1.29 is 19.1 Å². The molecule has 1 heterocycles. The van der Waals surface area contributed by atoms with Crippen LogP contribution in [-0.2, 0) is 0 Å². The molecule has 3 amide bonds. The molecule has 6 heteroatoms. The van der Waals surface area contributed by atoms with E-state index in [9.17, 15) is 14.4 Å². The minimum absolute atomic E-state index is 0.0953. The van der Waals surface area contributed by atoms with Gasteiger partial charge in [-0.15, -0.1) is 0 Å². The van der Waals surface area contributed by atoms with E-state index in [2.05, 4.69) is 5.32 Å². The Balaban J connectivity index is 1.49. The quantitative estimate of drug-likeness (QED) is 0.697. The highest BCUT2D eigenvalue weighted by molar-refractivity contribution is 6.25. The van der Waals surface area contributed by atoms with Crippen molar-refractivity contribution in [1.82, 2.24) is 10.2 Å². The topological polar surface area (TPSA) is 75.7 Å². The van der Waals surface area contributed by atoms with Gasteiger partial charge in [0.25, 0.3) is 17.7 Å². The van der Waals surface area contributed by atoms with Gasteiger partial charge in [0.15, 0.2) is 0 Å². The molecule has 1 aliphatic rings. The summed E-state index contributed by atoms with van der Waals surface area (Å²) in [6.07, 6.45) is 0. The third-order valence-corrected chi connectivity index (χ3v) is 4.81. The van der Waals surface area contributed by atoms with E-state index in [-0.39, 0.29) is 30.8 Å². The maximum Gasteiger partial charge on any atom is 0.261 e. The first kappa shape index (κ1) is 17.7. The Bertz CT molecular complexity index is 1060. The Hall–Kier alpha value is -3.67. The molecular formula is C22H18N2O4. The second-order valence-corrected chi connectivity index (χ2v) is 6.46. The fraction of sp³-hybridized carbons (Fsp3) is 0.136. The van der Waals surface area contributed by atoms with Crippen LogP contribution in [0.1, 0.15) is 31.1 Å². The maximum atomic E-state index is 12.8. The smallest absolute Gasteiger partial charge is 0.261 e. The zero-order valence-electron chi connectivity index (χ0n) is 15.3. The first-order valence-electron chi connectivity index (χ1n) is 8.90. The maximum absolute atomic E-state index is 12.8. The lowest BCUT2D eigenvalue weighted by Crippen LogP contribution is -2.44. The van der Waals surface area contributed by atoms with Crippen LogP contribution in [0.5, 0.6) is 5.75 Å². The molecule has 6 nitrogen and oxygen atoms in total. The molecule has 3 aromatic rings. The molecule has 140 valence electrons. The van der Waals surface area contributed by atoms with Gasteiger partial charge in [-0.1, -0.05) is 30.3 Å². The molecule has 0 fully saturated rings. The molecule has 0 aromatic heterocycles. The van der Waals surface area contributed by atoms with Gasteiger partial charge in [-0.05, 0) is 35.7 Å². The fourth-order valence-corrected chi connectivity index (χ4v) is 3.43. The summed E-state index contributed by atoms with van der Waals surface area (Å²) in [5.74, 6) is -0.396. The van der Waals surface area contributed by atoms with E-state index in [1.54, 1.807) is 48.5 Å². The Morgan fingerprint density at radius 1 is 0.964 bits per heavy atom. The summed E-state index contributed by atoms with van der Waals surface area (Å²) in [4.78, 5) is 39.1. The van der Waals surface area contributed by atoms with Gasteiger partial charge in [-0.3, -0.25) is 19.3 Å². The lowest BCUT2D eigenvalue weighted by atomic mass is 9.94. The number of rotatable bonds is 5. The molecule has 4 rings (SSSR count). The van der Waals surface area contributed by atoms with Gasteiger partial charge in [-0.2, -0.15) is 0 Å². The number of nitrogens with one attached hydrogen (secondary N) is 1. The van der Waals surface area contributed by atoms with Crippen LogP contribution in [0, 0.1) is 0 Å². The molecule has 28 heavy (non-hydrogen) atoms. The molecule has 0 saturated carbocycles. The van der Waals surface area contributed by atoms with E-state index in [1.165, 1.54) is 12.0 Å². The number of imide groups is 1. The minimum atomic E-state index is -0.343. The summed E-state index contributed by atoms with van der Waals surface area (Å²) in [6.45, 7) is 0.254. The summed E-state index contributed by atoms with van der Waals surface area (Å²) >= 11 is 0. The Morgan fingerprint density at radius 3 is 2.25 bits per heavy atom. The third-order valence-electron chi connectivity index (χ3n) is 4.81. The highest BCUT2D eigenvalue weighted by atomic mass is 16.5. The van der Waals surface area contributed by atoms with Crippen molar-refractivity contribution in [3.05, 3.63) is 77.4 Å². The lowest BCUT2D eigenvalue weighted by Gasteiger charge is -2.27. The van der Waals surface area contributed by atoms with E-state index in [1.807, 2.05) is 12.1 Å². The molecule has 0 bridgehead atoms. The van der Waals surface area contributed by atoms with E-state index in [4.69, 9.17) is 4.74 Å². The molecule has 0 spiro atoms. The van der Waals surface area contributed by atoms with E-state index in [0.29, 0.717) is 27.8 Å². The number of amides is 3. The second kappa shape index (κ2) is 7.15. The van der Waals surface area contributed by atoms with Crippen LogP contribution in [0.3, 0.4) is 0 Å². The average molecular weight is 374 g/mol. The molecule has 1 N–H and O–H groups in total. The van der Waals surface area contributed by atoms with Gasteiger partial charge in [0.05, 0.1) is 7.11 Å². The summed E-state index contributed by atoms with van der Waals surface area (Å²) in [6, 6.07) is 17.6. The van der Waals surface area contributed by atoms with Crippen LogP contribution < -0.4 is 10.1 Å². The highest BCUT2D eigenvalue weighted by Crippen LogP contribution is 2.29. The van der Waals surface area contributed by atoms with Crippen molar-refractivity contribution in [3.8, 4) is 5.75 Å². The first-order valence-corrected chi connectivity index (χ1v) is 8.90. The number of hydrogen-bond donors (Lipinski definition) is 1. The molecule has 0 aliphatic carbocycles. The van der Waals surface area contributed by atoms with Crippen LogP contribution in [-0.4, -0.2) is 42.8 Å². The number of methoxy groups -OCH3 is 1. The van der Waals surface area contributed by atoms with Gasteiger partial charge in [0.2, 0.25) is 0 Å². The summed E-state index contributed by atoms with van der Waals surface area (Å²) in [5, 5.41) is 4.30. The van der Waals surface area contributed by atoms with Crippen LogP contribution in [0.4, 0.5) is 0 Å². The fourth-order valence-electron chi connectivity index (χ4n) is 3.43. The van der Waals surface area contributed by atoms with Gasteiger partial charge in [-0.25, -0.2) is 0 Å². The van der Waals surface area contributed by atoms with Crippen molar-refractivity contribution in [2.75, 3.05) is 20.2 Å². The molecular weight excluding hydrogens is 356 g/mol. The monoisotopic (exact) mass is 374 g/mol. The van der Waals surface area contributed by atoms with E-state index >= 15 is 0 Å². The number of nitrogens with zero attached hydrogens (tertiary/aromatic N) is 1. The minimum Gasteiger partial charge on any atom is -0.497 e. The normalized spacial score (nSPS) is 13.0. The lowest BCUT2D eigenvalue weighted by molar-refractivity contribution is 0.0607. The number of hydrogen-bond acceptors (Lipinski definition) is 4. The Labute approximate surface area is 161 Å². The van der Waals surface area contributed by atoms with Crippen LogP contribution in [0.25, 0.3) is 10.8 Å². The summed E-state index contributed by atoms with van der Waals surface area (Å²) < 4.78 is 5.12. The molecule has 0 atom stereocenters. The van der Waals surface area contributed by atoms with Crippen LogP contribution in [0.15, 0.2) is 60.7 Å². The number of carbonyl (C=O) groups excluding carboxylic acids is 3. The third kappa shape index (κ3) is 2.99. The number of benzene rings is 3. The van der Waals surface area contributed by atoms with E-state index in [0.717, 1.165) is 5.39 Å². The van der Waals surface area contributed by atoms with Crippen LogP contribution in [0.2, 0.25) is 0 Å². The molecule has 3 aromatic carbocycles. The van der Waals surface area contributed by atoms with E-state index < -0.39 is 0 Å². The summed E-state index contributed by atoms with van der Waals surface area (Å²) in [7, 11) is 1.53. The second-order valence-electron chi connectivity index (χ2n) is 6.46. The average Bonchev–Trinajstić information content (AvgIpc) is 2.74. The van der Waals surface area contributed by atoms with Gasteiger partial charge in [0.1, 0.15) is 5.75 Å². The van der Waals surface area contributed by atoms with Crippen molar-refractivity contribution in [2.45, 2.75) is 0 Å².